The third kappa shape index (κ3) is 6.08. The van der Waals surface area contributed by atoms with Gasteiger partial charge >= 0.3 is 0 Å². The highest BCUT2D eigenvalue weighted by Crippen LogP contribution is 2.53. The van der Waals surface area contributed by atoms with Crippen molar-refractivity contribution in [2.24, 2.45) is 5.41 Å². The Balaban J connectivity index is 1.49. The second kappa shape index (κ2) is 13.0. The molecule has 3 aromatic rings. The van der Waals surface area contributed by atoms with E-state index >= 15 is 0 Å². The highest BCUT2D eigenvalue weighted by molar-refractivity contribution is 6.42. The Morgan fingerprint density at radius 2 is 1.53 bits per heavy atom. The van der Waals surface area contributed by atoms with Gasteiger partial charge in [-0.1, -0.05) is 89.9 Å². The Bertz CT molecular complexity index is 1430. The van der Waals surface area contributed by atoms with E-state index in [0.717, 1.165) is 43.5 Å². The van der Waals surface area contributed by atoms with Gasteiger partial charge < -0.3 is 14.5 Å². The van der Waals surface area contributed by atoms with Gasteiger partial charge in [0.15, 0.2) is 0 Å². The number of benzene rings is 3. The summed E-state index contributed by atoms with van der Waals surface area (Å²) < 4.78 is 5.39. The molecule has 0 N–H and O–H groups in total. The number of nitrogens with zero attached hydrogens (tertiary/aromatic N) is 3. The van der Waals surface area contributed by atoms with Gasteiger partial charge in [-0.25, -0.2) is 0 Å². The molecule has 226 valence electrons. The van der Waals surface area contributed by atoms with E-state index in [-0.39, 0.29) is 18.4 Å². The smallest absolute Gasteiger partial charge is 0.248 e. The van der Waals surface area contributed by atoms with E-state index < -0.39 is 11.0 Å². The van der Waals surface area contributed by atoms with Crippen LogP contribution in [0.15, 0.2) is 78.9 Å². The first-order valence-corrected chi connectivity index (χ1v) is 16.1. The van der Waals surface area contributed by atoms with Crippen LogP contribution in [0, 0.1) is 5.41 Å². The molecule has 2 atom stereocenters. The SMILES string of the molecule is O=C1COCCN1CCN1CCC(Cc2ccccc2)(C(=O)N2CCCC2)CC1(c1ccccc1)c1ccc(Cl)c(Cl)c1. The van der Waals surface area contributed by atoms with Crippen LogP contribution in [0.4, 0.5) is 0 Å². The number of ether oxygens (including phenoxy) is 1. The van der Waals surface area contributed by atoms with Crippen LogP contribution in [0.5, 0.6) is 0 Å². The zero-order chi connectivity index (χ0) is 29.9. The Kier molecular flexibility index (Phi) is 9.11. The molecule has 3 aromatic carbocycles. The van der Waals surface area contributed by atoms with Crippen LogP contribution >= 0.6 is 23.2 Å². The highest BCUT2D eigenvalue weighted by atomic mass is 35.5. The summed E-state index contributed by atoms with van der Waals surface area (Å²) in [6.45, 7) is 4.81. The van der Waals surface area contributed by atoms with Crippen molar-refractivity contribution in [2.75, 3.05) is 52.5 Å². The van der Waals surface area contributed by atoms with E-state index in [9.17, 15) is 9.59 Å². The minimum Gasteiger partial charge on any atom is -0.370 e. The van der Waals surface area contributed by atoms with Crippen LogP contribution < -0.4 is 0 Å². The highest BCUT2D eigenvalue weighted by Gasteiger charge is 2.55. The molecule has 6 rings (SSSR count). The van der Waals surface area contributed by atoms with Crippen molar-refractivity contribution in [2.45, 2.75) is 37.6 Å². The van der Waals surface area contributed by atoms with Crippen LogP contribution in [-0.4, -0.2) is 79.0 Å². The molecule has 0 radical (unpaired) electrons. The molecule has 3 fully saturated rings. The van der Waals surface area contributed by atoms with E-state index in [4.69, 9.17) is 27.9 Å². The second-order valence-electron chi connectivity index (χ2n) is 12.1. The van der Waals surface area contributed by atoms with Crippen LogP contribution in [0.2, 0.25) is 10.0 Å². The summed E-state index contributed by atoms with van der Waals surface area (Å²) in [5.41, 5.74) is 1.98. The zero-order valence-electron chi connectivity index (χ0n) is 24.5. The van der Waals surface area contributed by atoms with Crippen LogP contribution in [0.1, 0.15) is 42.4 Å². The molecule has 0 aliphatic carbocycles. The lowest BCUT2D eigenvalue weighted by Gasteiger charge is -2.55. The number of amides is 2. The third-order valence-electron chi connectivity index (χ3n) is 9.60. The van der Waals surface area contributed by atoms with E-state index in [0.29, 0.717) is 55.7 Å². The average Bonchev–Trinajstić information content (AvgIpc) is 3.58. The molecule has 8 heteroatoms. The van der Waals surface area contributed by atoms with Crippen molar-refractivity contribution in [1.29, 1.82) is 0 Å². The molecule has 3 aliphatic rings. The second-order valence-corrected chi connectivity index (χ2v) is 13.0. The molecule has 0 saturated carbocycles. The van der Waals surface area contributed by atoms with Gasteiger partial charge in [0.25, 0.3) is 0 Å². The Morgan fingerprint density at radius 3 is 2.23 bits per heavy atom. The Morgan fingerprint density at radius 1 is 0.814 bits per heavy atom. The Labute approximate surface area is 264 Å². The van der Waals surface area contributed by atoms with Gasteiger partial charge in [0.2, 0.25) is 11.8 Å². The summed E-state index contributed by atoms with van der Waals surface area (Å²) in [5.74, 6) is 0.267. The van der Waals surface area contributed by atoms with Gasteiger partial charge in [-0.05, 0) is 60.9 Å². The number of carbonyl (C=O) groups excluding carboxylic acids is 2. The number of piperidine rings is 1. The quantitative estimate of drug-likeness (QED) is 0.308. The first-order valence-electron chi connectivity index (χ1n) is 15.4. The van der Waals surface area contributed by atoms with E-state index in [1.54, 1.807) is 0 Å². The lowest BCUT2D eigenvalue weighted by molar-refractivity contribution is -0.149. The standard InChI is InChI=1S/C35H39Cl2N3O3/c36-30-14-13-29(23-31(30)37)35(28-11-5-2-6-12-28)26-34(24-27-9-3-1-4-10-27,33(42)39-16-7-8-17-39)15-18-40(35)20-19-38-21-22-43-25-32(38)41/h1-6,9-14,23H,7-8,15-22,24-26H2. The van der Waals surface area contributed by atoms with Crippen molar-refractivity contribution in [3.8, 4) is 0 Å². The minimum atomic E-state index is -0.673. The number of hydrogen-bond donors (Lipinski definition) is 0. The van der Waals surface area contributed by atoms with Gasteiger partial charge in [0, 0.05) is 39.3 Å². The molecule has 43 heavy (non-hydrogen) atoms. The van der Waals surface area contributed by atoms with Gasteiger partial charge in [-0.2, -0.15) is 0 Å². The summed E-state index contributed by atoms with van der Waals surface area (Å²) in [6, 6.07) is 26.8. The first kappa shape index (κ1) is 30.1. The summed E-state index contributed by atoms with van der Waals surface area (Å²) in [5, 5.41) is 0.987. The monoisotopic (exact) mass is 619 g/mol. The number of likely N-dealkylation sites (tertiary alicyclic amines) is 2. The predicted molar refractivity (Wildman–Crippen MR) is 170 cm³/mol. The molecule has 2 unspecified atom stereocenters. The lowest BCUT2D eigenvalue weighted by atomic mass is 9.61. The fraction of sp³-hybridized carbons (Fsp3) is 0.429. The molecule has 3 heterocycles. The summed E-state index contributed by atoms with van der Waals surface area (Å²) in [4.78, 5) is 33.9. The fourth-order valence-electron chi connectivity index (χ4n) is 7.42. The molecule has 0 spiro atoms. The van der Waals surface area contributed by atoms with Gasteiger partial charge in [-0.15, -0.1) is 0 Å². The number of rotatable bonds is 8. The van der Waals surface area contributed by atoms with Crippen molar-refractivity contribution < 1.29 is 14.3 Å². The average molecular weight is 621 g/mol. The summed E-state index contributed by atoms with van der Waals surface area (Å²) in [6.07, 6.45) is 4.06. The molecule has 6 nitrogen and oxygen atoms in total. The predicted octanol–water partition coefficient (Wildman–Crippen LogP) is 6.04. The molecule has 2 amide bonds. The van der Waals surface area contributed by atoms with E-state index in [1.165, 1.54) is 5.56 Å². The third-order valence-corrected chi connectivity index (χ3v) is 10.3. The molecular formula is C35H39Cl2N3O3. The van der Waals surface area contributed by atoms with Crippen molar-refractivity contribution in [3.05, 3.63) is 106 Å². The molecular weight excluding hydrogens is 581 g/mol. The molecule has 0 aromatic heterocycles. The topological polar surface area (TPSA) is 53.1 Å². The van der Waals surface area contributed by atoms with Gasteiger partial charge in [0.05, 0.1) is 27.6 Å². The maximum Gasteiger partial charge on any atom is 0.248 e. The molecule has 3 aliphatic heterocycles. The number of morpholine rings is 1. The fourth-order valence-corrected chi connectivity index (χ4v) is 7.71. The lowest BCUT2D eigenvalue weighted by Crippen LogP contribution is -2.61. The van der Waals surface area contributed by atoms with Crippen molar-refractivity contribution >= 4 is 35.0 Å². The Hall–Kier alpha value is -2.90. The molecule has 0 bridgehead atoms. The van der Waals surface area contributed by atoms with E-state index in [2.05, 4.69) is 64.4 Å². The van der Waals surface area contributed by atoms with E-state index in [1.807, 2.05) is 29.2 Å². The minimum absolute atomic E-state index is 0.0192. The molecule has 3 saturated heterocycles. The van der Waals surface area contributed by atoms with Crippen LogP contribution in [0.25, 0.3) is 0 Å². The normalized spacial score (nSPS) is 24.8. The maximum absolute atomic E-state index is 14.7. The van der Waals surface area contributed by atoms with Crippen LogP contribution in [0.3, 0.4) is 0 Å². The zero-order valence-corrected chi connectivity index (χ0v) is 26.0. The maximum atomic E-state index is 14.7. The first-order chi connectivity index (χ1) is 20.9. The van der Waals surface area contributed by atoms with Crippen molar-refractivity contribution in [3.63, 3.8) is 0 Å². The summed E-state index contributed by atoms with van der Waals surface area (Å²) >= 11 is 13.2. The largest absolute Gasteiger partial charge is 0.370 e. The van der Waals surface area contributed by atoms with Gasteiger partial charge in [0.1, 0.15) is 6.61 Å². The number of halogens is 2. The summed E-state index contributed by atoms with van der Waals surface area (Å²) in [7, 11) is 0. The van der Waals surface area contributed by atoms with Crippen molar-refractivity contribution in [1.82, 2.24) is 14.7 Å². The van der Waals surface area contributed by atoms with Gasteiger partial charge in [-0.3, -0.25) is 14.5 Å². The number of carbonyl (C=O) groups is 2. The van der Waals surface area contributed by atoms with Crippen LogP contribution in [-0.2, 0) is 26.3 Å². The number of hydrogen-bond acceptors (Lipinski definition) is 4.